The number of aliphatic hydroxyl groups excluding tert-OH is 2. The number of Topliss-reactive ketones (excluding diaryl/α,β-unsaturated/α-hetero) is 1. The number of ether oxygens (including phenoxy) is 3. The van der Waals surface area contributed by atoms with E-state index in [4.69, 9.17) is 48.4 Å². The summed E-state index contributed by atoms with van der Waals surface area (Å²) in [6.45, 7) is 19.9. The fourth-order valence-corrected chi connectivity index (χ4v) is 10.6. The van der Waals surface area contributed by atoms with Gasteiger partial charge >= 0.3 is 17.1 Å². The van der Waals surface area contributed by atoms with Crippen LogP contribution in [-0.2, 0) is 23.6 Å². The molecule has 123 heavy (non-hydrogen) atoms. The average Bonchev–Trinajstić information content (AvgIpc) is 1.61. The molecule has 1 aliphatic heterocycles. The number of benzene rings is 10. The van der Waals surface area contributed by atoms with Gasteiger partial charge in [0.1, 0.15) is 69.6 Å². The number of halogens is 3. The van der Waals surface area contributed by atoms with Gasteiger partial charge in [0.05, 0.1) is 55.1 Å². The lowest BCUT2D eigenvalue weighted by atomic mass is 10.1. The normalized spacial score (nSPS) is 10.2. The Balaban J connectivity index is 0.000000301. The number of nitrogens with one attached hydrogen (secondary N) is 3. The van der Waals surface area contributed by atoms with E-state index in [1.54, 1.807) is 42.9 Å². The Morgan fingerprint density at radius 2 is 0.943 bits per heavy atom. The molecule has 0 spiro atoms. The van der Waals surface area contributed by atoms with Gasteiger partial charge in [0.2, 0.25) is 5.78 Å². The summed E-state index contributed by atoms with van der Waals surface area (Å²) in [5, 5.41) is 52.0. The Kier molecular flexibility index (Phi) is 47.2. The van der Waals surface area contributed by atoms with Crippen molar-refractivity contribution >= 4 is 164 Å². The summed E-state index contributed by atoms with van der Waals surface area (Å²) in [5.74, 6) is 0.393. The number of para-hydroxylation sites is 10. The third-order valence-electron chi connectivity index (χ3n) is 15.5. The molecule has 0 saturated carbocycles. The minimum atomic E-state index is -3.22. The lowest BCUT2D eigenvalue weighted by molar-refractivity contribution is -0.142. The van der Waals surface area contributed by atoms with Gasteiger partial charge in [0, 0.05) is 62.1 Å². The number of rotatable bonds is 14. The molecule has 0 bridgehead atoms. The van der Waals surface area contributed by atoms with Crippen LogP contribution in [0.2, 0.25) is 0 Å². The van der Waals surface area contributed by atoms with E-state index in [9.17, 15) is 39.1 Å². The van der Waals surface area contributed by atoms with E-state index in [1.165, 1.54) is 12.1 Å². The standard InChI is InChI=1S/C20H16N2O3.C18H10N2O2.C15H11NO2.C14H11NO.C8H6O2.C6H7N.C5H7NO2.C2H6O2.4C2H6.Cl3OP/c1-2-24-20(23)14(13-21)12-18-19(22-15-8-4-3-5-9-15)16-10-6-7-11-17(16)25-18;19-11-12-10-16-17(14-8-4-5-9-15(14)22-16)20(18(12)21)13-6-2-1-3-7-13;17-10-14-15(16-11-6-2-1-3-7-11)12-8-4-5-9-13(12)18-14;1-2-6-11(7-3-1)15-13-10-16-14-9-5-4-8-12(13)14;9-7-5-10-8-4-2-1-3-6(7)8;7-6-4-2-1-3-5-6;1-2-8-5(7)3-4-6;3-1-2-4;4*1-2;1-5(2,3)4/h3-12,22H,2H2,1H3;1-10H;1-10,16H;1-10,15H;1-4H,5H2;1-5H,7H2;2-3H2,1H3;3-4H,1-2H2;4*1-2H3;/b14-12-;;;;;;;;;;;;. The summed E-state index contributed by atoms with van der Waals surface area (Å²) in [6, 6.07) is 93.0. The predicted octanol–water partition coefficient (Wildman–Crippen LogP) is 25.3. The van der Waals surface area contributed by atoms with E-state index < -0.39 is 17.1 Å². The average molecular weight is 1740 g/mol. The molecule has 0 aliphatic carbocycles. The van der Waals surface area contributed by atoms with Crippen molar-refractivity contribution in [2.24, 2.45) is 0 Å². The van der Waals surface area contributed by atoms with Crippen molar-refractivity contribution in [1.82, 2.24) is 4.57 Å². The molecule has 0 fully saturated rings. The number of aliphatic hydroxyl groups is 2. The fraction of sp³-hybridized carbons (Fsp3) is 0.167. The van der Waals surface area contributed by atoms with E-state index in [1.807, 2.05) is 328 Å². The van der Waals surface area contributed by atoms with Crippen molar-refractivity contribution in [3.05, 3.63) is 324 Å². The zero-order valence-electron chi connectivity index (χ0n) is 69.7. The van der Waals surface area contributed by atoms with Crippen molar-refractivity contribution in [1.29, 1.82) is 15.8 Å². The van der Waals surface area contributed by atoms with E-state index in [0.717, 1.165) is 61.9 Å². The second-order valence-electron chi connectivity index (χ2n) is 23.4. The molecule has 7 N–H and O–H groups in total. The highest BCUT2D eigenvalue weighted by Crippen LogP contribution is 2.61. The first-order valence-electron chi connectivity index (χ1n) is 39.0. The summed E-state index contributed by atoms with van der Waals surface area (Å²) in [4.78, 5) is 56.7. The molecule has 1 aliphatic rings. The summed E-state index contributed by atoms with van der Waals surface area (Å²) in [5.41, 5.74) is 16.7. The molecule has 27 heteroatoms. The second kappa shape index (κ2) is 57.3. The first-order chi connectivity index (χ1) is 59.8. The maximum absolute atomic E-state index is 12.7. The molecule has 10 aromatic carbocycles. The quantitative estimate of drug-likeness (QED) is 0.0147. The number of nitrogen functional groups attached to an aromatic ring is 1. The molecule has 638 valence electrons. The number of carbonyl (C=O) groups excluding carboxylic acids is 4. The summed E-state index contributed by atoms with van der Waals surface area (Å²) >= 11 is 13.8. The molecule has 0 radical (unpaired) electrons. The van der Waals surface area contributed by atoms with Gasteiger partial charge in [-0.3, -0.25) is 28.3 Å². The topological polar surface area (TPSA) is 362 Å². The van der Waals surface area contributed by atoms with Gasteiger partial charge in [0.25, 0.3) is 5.56 Å². The number of aromatic nitrogens is 1. The van der Waals surface area contributed by atoms with Gasteiger partial charge in [-0.25, -0.2) is 4.79 Å². The number of esters is 2. The van der Waals surface area contributed by atoms with Gasteiger partial charge in [-0.05, 0) is 169 Å². The van der Waals surface area contributed by atoms with Crippen molar-refractivity contribution in [2.75, 3.05) is 54.7 Å². The number of aldehydes is 1. The highest BCUT2D eigenvalue weighted by atomic mass is 36.0. The molecule has 0 amide bonds. The van der Waals surface area contributed by atoms with Crippen molar-refractivity contribution in [2.45, 2.75) is 75.7 Å². The molecule has 0 unspecified atom stereocenters. The Morgan fingerprint density at radius 1 is 0.528 bits per heavy atom. The van der Waals surface area contributed by atoms with E-state index >= 15 is 0 Å². The Morgan fingerprint density at radius 3 is 1.39 bits per heavy atom. The van der Waals surface area contributed by atoms with Crippen LogP contribution in [0.1, 0.15) is 108 Å². The van der Waals surface area contributed by atoms with Crippen LogP contribution >= 0.6 is 38.9 Å². The third-order valence-corrected chi connectivity index (χ3v) is 15.5. The Labute approximate surface area is 729 Å². The lowest BCUT2D eigenvalue weighted by Crippen LogP contribution is -2.20. The highest BCUT2D eigenvalue weighted by Gasteiger charge is 2.21. The number of pyridine rings is 1. The molecule has 5 aromatic heterocycles. The summed E-state index contributed by atoms with van der Waals surface area (Å²) in [7, 11) is 0. The fourth-order valence-electron chi connectivity index (χ4n) is 10.6. The van der Waals surface area contributed by atoms with Gasteiger partial charge in [0.15, 0.2) is 30.0 Å². The van der Waals surface area contributed by atoms with Crippen molar-refractivity contribution in [3.8, 4) is 29.6 Å². The van der Waals surface area contributed by atoms with Crippen LogP contribution in [0.25, 0.3) is 66.7 Å². The lowest BCUT2D eigenvalue weighted by Gasteiger charge is -2.08. The number of hydrogen-bond acceptors (Lipinski definition) is 22. The van der Waals surface area contributed by atoms with E-state index in [0.29, 0.717) is 74.4 Å². The van der Waals surface area contributed by atoms with Gasteiger partial charge in [-0.1, -0.05) is 207 Å². The molecule has 16 rings (SSSR count). The molecule has 0 saturated heterocycles. The zero-order valence-corrected chi connectivity index (χ0v) is 72.8. The number of ketones is 1. The van der Waals surface area contributed by atoms with Gasteiger partial charge in [-0.15, -0.1) is 0 Å². The number of anilines is 7. The van der Waals surface area contributed by atoms with Crippen molar-refractivity contribution < 1.29 is 65.8 Å². The second-order valence-corrected chi connectivity index (χ2v) is 30.0. The number of nitriles is 3. The van der Waals surface area contributed by atoms with Crippen LogP contribution in [0.3, 0.4) is 0 Å². The molecular weight excluding hydrogens is 1640 g/mol. The van der Waals surface area contributed by atoms with Crippen LogP contribution in [-0.4, -0.2) is 71.8 Å². The van der Waals surface area contributed by atoms with Crippen molar-refractivity contribution in [3.63, 3.8) is 0 Å². The third kappa shape index (κ3) is 33.3. The summed E-state index contributed by atoms with van der Waals surface area (Å²) < 4.78 is 48.0. The minimum absolute atomic E-state index is 0.0652. The molecular formula is C96H98Cl3N8O15P. The first-order valence-corrected chi connectivity index (χ1v) is 43.5. The van der Waals surface area contributed by atoms with Crippen LogP contribution < -0.4 is 32.0 Å². The smallest absolute Gasteiger partial charge is 0.349 e. The monoisotopic (exact) mass is 1740 g/mol. The maximum Gasteiger partial charge on any atom is 0.349 e. The zero-order chi connectivity index (χ0) is 90.3. The molecule has 0 atom stereocenters. The molecule has 15 aromatic rings. The number of hydrogen-bond donors (Lipinski definition) is 6. The SMILES string of the molecule is CC.CC.CC.CC.CCOC(=O)/C(C#N)=C\c1oc2ccccc2c1Nc1ccccc1.CCOC(=O)CC#N.N#Cc1cc2oc3ccccc3c2n(-c2ccccc2)c1=O.Nc1ccccc1.O=C1COc2ccccc21.O=Cc1oc2ccccc2c1Nc1ccccc1.O=P(Cl)(Cl)Cl.OCCO.c1ccc(Nc2coc3ccccc23)cc1. The molecule has 6 heterocycles. The number of furan rings is 4. The minimum Gasteiger partial charge on any atom is -0.485 e. The molecule has 23 nitrogen and oxygen atoms in total. The predicted molar refractivity (Wildman–Crippen MR) is 496 cm³/mol. The Bertz CT molecular complexity index is 5950. The Hall–Kier alpha value is -13.9. The van der Waals surface area contributed by atoms with Crippen LogP contribution in [0.15, 0.2) is 313 Å². The summed E-state index contributed by atoms with van der Waals surface area (Å²) in [6.07, 6.45) is 3.74. The van der Waals surface area contributed by atoms with E-state index in [2.05, 4.69) is 54.4 Å². The number of nitrogens with two attached hydrogens (primary N) is 1. The number of nitrogens with zero attached hydrogens (tertiary/aromatic N) is 4. The van der Waals surface area contributed by atoms with Gasteiger partial charge < -0.3 is 63.8 Å². The van der Waals surface area contributed by atoms with Crippen LogP contribution in [0.5, 0.6) is 5.75 Å². The van der Waals surface area contributed by atoms with Crippen LogP contribution in [0.4, 0.5) is 39.8 Å². The largest absolute Gasteiger partial charge is 0.485 e. The first kappa shape index (κ1) is 101. The van der Waals surface area contributed by atoms with Gasteiger partial charge in [-0.2, -0.15) is 15.8 Å². The maximum atomic E-state index is 12.7. The highest BCUT2D eigenvalue weighted by molar-refractivity contribution is 8.24. The van der Waals surface area contributed by atoms with Crippen LogP contribution in [0, 0.1) is 34.0 Å². The van der Waals surface area contributed by atoms with E-state index in [-0.39, 0.29) is 55.3 Å². The number of fused-ring (bicyclic) bond motifs is 7. The number of carbonyl (C=O) groups is 4.